The molecule has 4 rings (SSSR count). The second-order valence-corrected chi connectivity index (χ2v) is 6.51. The number of carboxylic acid groups (broad SMARTS) is 1. The zero-order valence-corrected chi connectivity index (χ0v) is 14.9. The van der Waals surface area contributed by atoms with E-state index in [4.69, 9.17) is 4.74 Å². The maximum absolute atomic E-state index is 11.7. The van der Waals surface area contributed by atoms with Crippen molar-refractivity contribution in [2.24, 2.45) is 0 Å². The summed E-state index contributed by atoms with van der Waals surface area (Å²) in [5.74, 6) is 0.342. The second kappa shape index (κ2) is 7.11. The van der Waals surface area contributed by atoms with Gasteiger partial charge in [-0.15, -0.1) is 15.0 Å². The first-order valence-corrected chi connectivity index (χ1v) is 8.80. The van der Waals surface area contributed by atoms with Crippen LogP contribution in [0, 0.1) is 0 Å². The minimum Gasteiger partial charge on any atom is -0.497 e. The molecule has 0 saturated carbocycles. The van der Waals surface area contributed by atoms with Gasteiger partial charge < -0.3 is 14.7 Å². The van der Waals surface area contributed by atoms with Gasteiger partial charge in [0.15, 0.2) is 5.82 Å². The van der Waals surface area contributed by atoms with Crippen LogP contribution in [-0.4, -0.2) is 46.3 Å². The Bertz CT molecular complexity index is 955. The first-order valence-electron chi connectivity index (χ1n) is 8.80. The first-order chi connectivity index (χ1) is 13.2. The number of nitrogens with zero attached hydrogens (tertiary/aromatic N) is 4. The Balaban J connectivity index is 1.64. The number of carbonyl (C=O) groups is 1. The largest absolute Gasteiger partial charge is 0.497 e. The average molecular weight is 364 g/mol. The van der Waals surface area contributed by atoms with E-state index in [1.165, 1.54) is 10.4 Å². The van der Waals surface area contributed by atoms with Crippen molar-refractivity contribution in [3.63, 3.8) is 0 Å². The molecule has 1 aliphatic heterocycles. The summed E-state index contributed by atoms with van der Waals surface area (Å²) in [6, 6.07) is 17.5. The number of methoxy groups -OCH3 is 1. The quantitative estimate of drug-likeness (QED) is 0.750. The van der Waals surface area contributed by atoms with E-state index >= 15 is 0 Å². The highest BCUT2D eigenvalue weighted by atomic mass is 16.5. The van der Waals surface area contributed by atoms with Crippen molar-refractivity contribution in [2.75, 3.05) is 25.1 Å². The zero-order chi connectivity index (χ0) is 18.8. The Hall–Kier alpha value is -3.35. The van der Waals surface area contributed by atoms with Crippen LogP contribution in [0.2, 0.25) is 0 Å². The van der Waals surface area contributed by atoms with Gasteiger partial charge in [-0.05, 0) is 24.1 Å². The smallest absolute Gasteiger partial charge is 0.360 e. The number of aromatic nitrogens is 3. The van der Waals surface area contributed by atoms with E-state index in [1.54, 1.807) is 13.2 Å². The summed E-state index contributed by atoms with van der Waals surface area (Å²) in [4.78, 5) is 15.1. The molecule has 1 N–H and O–H groups in total. The number of rotatable bonds is 5. The minimum absolute atomic E-state index is 0.0356. The maximum Gasteiger partial charge on any atom is 0.360 e. The Morgan fingerprint density at radius 2 is 1.96 bits per heavy atom. The van der Waals surface area contributed by atoms with Crippen LogP contribution in [0.1, 0.15) is 28.4 Å². The second-order valence-electron chi connectivity index (χ2n) is 6.51. The normalized spacial score (nSPS) is 16.5. The van der Waals surface area contributed by atoms with Crippen LogP contribution in [0.25, 0.3) is 5.69 Å². The highest BCUT2D eigenvalue weighted by molar-refractivity contribution is 5.91. The van der Waals surface area contributed by atoms with Gasteiger partial charge in [-0.2, -0.15) is 0 Å². The fourth-order valence-electron chi connectivity index (χ4n) is 3.45. The average Bonchev–Trinajstić information content (AvgIpc) is 3.36. The fourth-order valence-corrected chi connectivity index (χ4v) is 3.45. The number of carboxylic acids is 1. The van der Waals surface area contributed by atoms with Gasteiger partial charge in [0, 0.05) is 25.1 Å². The third-order valence-corrected chi connectivity index (χ3v) is 4.84. The summed E-state index contributed by atoms with van der Waals surface area (Å²) in [5, 5.41) is 18.3. The Morgan fingerprint density at radius 1 is 1.15 bits per heavy atom. The van der Waals surface area contributed by atoms with E-state index in [0.717, 1.165) is 19.5 Å². The molecule has 0 spiro atoms. The predicted octanol–water partition coefficient (Wildman–Crippen LogP) is 2.97. The molecule has 1 fully saturated rings. The van der Waals surface area contributed by atoms with Crippen molar-refractivity contribution in [1.29, 1.82) is 0 Å². The van der Waals surface area contributed by atoms with Gasteiger partial charge in [0.25, 0.3) is 0 Å². The van der Waals surface area contributed by atoms with E-state index in [9.17, 15) is 9.90 Å². The molecule has 1 aliphatic rings. The number of hydrogen-bond donors (Lipinski definition) is 1. The van der Waals surface area contributed by atoms with Gasteiger partial charge in [-0.25, -0.2) is 4.79 Å². The number of benzene rings is 2. The number of ether oxygens (including phenoxy) is 1. The summed E-state index contributed by atoms with van der Waals surface area (Å²) >= 11 is 0. The molecule has 1 saturated heterocycles. The van der Waals surface area contributed by atoms with Gasteiger partial charge in [0.05, 0.1) is 12.8 Å². The van der Waals surface area contributed by atoms with Crippen molar-refractivity contribution < 1.29 is 14.6 Å². The topological polar surface area (TPSA) is 80.5 Å². The third-order valence-electron chi connectivity index (χ3n) is 4.84. The SMILES string of the molecule is COc1cccc(-n2nc(C(=O)O)c(N3CCC(c4ccccc4)C3)n2)c1. The van der Waals surface area contributed by atoms with Crippen LogP contribution in [0.5, 0.6) is 5.75 Å². The summed E-state index contributed by atoms with van der Waals surface area (Å²) in [6.45, 7) is 1.47. The molecule has 0 aliphatic carbocycles. The molecular formula is C20H20N4O3. The third kappa shape index (κ3) is 3.36. The van der Waals surface area contributed by atoms with Crippen molar-refractivity contribution >= 4 is 11.8 Å². The molecule has 0 radical (unpaired) electrons. The zero-order valence-electron chi connectivity index (χ0n) is 14.9. The number of hydrogen-bond acceptors (Lipinski definition) is 5. The molecule has 0 amide bonds. The fraction of sp³-hybridized carbons (Fsp3) is 0.250. The van der Waals surface area contributed by atoms with Crippen molar-refractivity contribution in [3.8, 4) is 11.4 Å². The van der Waals surface area contributed by atoms with Crippen LogP contribution < -0.4 is 9.64 Å². The maximum atomic E-state index is 11.7. The first kappa shape index (κ1) is 17.1. The van der Waals surface area contributed by atoms with E-state index in [-0.39, 0.29) is 5.69 Å². The molecule has 0 bridgehead atoms. The highest BCUT2D eigenvalue weighted by Crippen LogP contribution is 2.31. The van der Waals surface area contributed by atoms with Crippen LogP contribution in [0.4, 0.5) is 5.82 Å². The molecular weight excluding hydrogens is 344 g/mol. The van der Waals surface area contributed by atoms with Gasteiger partial charge >= 0.3 is 5.97 Å². The van der Waals surface area contributed by atoms with Crippen LogP contribution in [0.3, 0.4) is 0 Å². The molecule has 1 aromatic heterocycles. The Kier molecular flexibility index (Phi) is 4.50. The van der Waals surface area contributed by atoms with Crippen LogP contribution in [-0.2, 0) is 0 Å². The standard InChI is InChI=1S/C20H20N4O3/c1-27-17-9-5-8-16(12-17)24-21-18(20(25)26)19(22-24)23-11-10-15(13-23)14-6-3-2-4-7-14/h2-9,12,15H,10-11,13H2,1H3,(H,25,26). The van der Waals surface area contributed by atoms with Gasteiger partial charge in [0.2, 0.25) is 5.69 Å². The van der Waals surface area contributed by atoms with E-state index in [2.05, 4.69) is 22.3 Å². The molecule has 138 valence electrons. The Morgan fingerprint density at radius 3 is 2.70 bits per heavy atom. The lowest BCUT2D eigenvalue weighted by molar-refractivity contribution is 0.0690. The van der Waals surface area contributed by atoms with E-state index in [0.29, 0.717) is 23.2 Å². The Labute approximate surface area is 156 Å². The minimum atomic E-state index is -1.08. The van der Waals surface area contributed by atoms with Gasteiger partial charge in [-0.3, -0.25) is 0 Å². The highest BCUT2D eigenvalue weighted by Gasteiger charge is 2.30. The van der Waals surface area contributed by atoms with Crippen molar-refractivity contribution in [3.05, 3.63) is 65.9 Å². The molecule has 2 heterocycles. The lowest BCUT2D eigenvalue weighted by Gasteiger charge is -2.16. The van der Waals surface area contributed by atoms with Crippen molar-refractivity contribution in [1.82, 2.24) is 15.0 Å². The molecule has 1 unspecified atom stereocenters. The van der Waals surface area contributed by atoms with Gasteiger partial charge in [-0.1, -0.05) is 36.4 Å². The lowest BCUT2D eigenvalue weighted by Crippen LogP contribution is -2.22. The summed E-state index contributed by atoms with van der Waals surface area (Å²) in [6.07, 6.45) is 0.953. The molecule has 27 heavy (non-hydrogen) atoms. The predicted molar refractivity (Wildman–Crippen MR) is 101 cm³/mol. The lowest BCUT2D eigenvalue weighted by atomic mass is 9.99. The monoisotopic (exact) mass is 364 g/mol. The summed E-state index contributed by atoms with van der Waals surface area (Å²) < 4.78 is 5.23. The summed E-state index contributed by atoms with van der Waals surface area (Å²) in [5.41, 5.74) is 1.88. The molecule has 7 nitrogen and oxygen atoms in total. The van der Waals surface area contributed by atoms with Crippen LogP contribution in [0.15, 0.2) is 54.6 Å². The van der Waals surface area contributed by atoms with E-state index < -0.39 is 5.97 Å². The molecule has 7 heteroatoms. The molecule has 2 aromatic carbocycles. The van der Waals surface area contributed by atoms with Crippen molar-refractivity contribution in [2.45, 2.75) is 12.3 Å². The molecule has 1 atom stereocenters. The van der Waals surface area contributed by atoms with E-state index in [1.807, 2.05) is 41.3 Å². The van der Waals surface area contributed by atoms with Gasteiger partial charge in [0.1, 0.15) is 5.75 Å². The number of aromatic carboxylic acids is 1. The number of anilines is 1. The van der Waals surface area contributed by atoms with Crippen LogP contribution >= 0.6 is 0 Å². The summed E-state index contributed by atoms with van der Waals surface area (Å²) in [7, 11) is 1.58. The molecule has 3 aromatic rings.